The Kier molecular flexibility index (Phi) is 4.52. The summed E-state index contributed by atoms with van der Waals surface area (Å²) >= 11 is 1.95. The molecule has 0 aliphatic heterocycles. The predicted molar refractivity (Wildman–Crippen MR) is 80.7 cm³/mol. The van der Waals surface area contributed by atoms with Crippen LogP contribution in [0.2, 0.25) is 0 Å². The molecule has 104 valence electrons. The number of thioether (sulfide) groups is 1. The molecule has 0 radical (unpaired) electrons. The van der Waals surface area contributed by atoms with E-state index in [1.807, 2.05) is 11.8 Å². The highest BCUT2D eigenvalue weighted by Gasteiger charge is 2.27. The Morgan fingerprint density at radius 1 is 1.47 bits per heavy atom. The van der Waals surface area contributed by atoms with Gasteiger partial charge in [-0.2, -0.15) is 11.8 Å². The molecule has 1 aliphatic rings. The smallest absolute Gasteiger partial charge is 0.273 e. The highest BCUT2D eigenvalue weighted by molar-refractivity contribution is 7.99. The number of nitro benzene ring substituents is 1. The second kappa shape index (κ2) is 6.14. The number of hydrogen-bond acceptors (Lipinski definition) is 5. The lowest BCUT2D eigenvalue weighted by Crippen LogP contribution is -2.26. The summed E-state index contributed by atoms with van der Waals surface area (Å²) in [5, 5.41) is 14.8. The number of non-ortho nitro benzene ring substituents is 1. The van der Waals surface area contributed by atoms with Crippen molar-refractivity contribution in [2.24, 2.45) is 0 Å². The standard InChI is InChI=1S/C13H19N3O2S/c1-2-19-13-5-3-4-12(13)15-10-6-9(14)7-11(8-10)16(17)18/h6-8,12-13,15H,2-5,14H2,1H3. The molecule has 5 nitrogen and oxygen atoms in total. The Balaban J connectivity index is 2.12. The van der Waals surface area contributed by atoms with Crippen LogP contribution in [0.5, 0.6) is 0 Å². The number of hydrogen-bond donors (Lipinski definition) is 2. The van der Waals surface area contributed by atoms with Crippen LogP contribution < -0.4 is 11.1 Å². The molecule has 1 aromatic rings. The van der Waals surface area contributed by atoms with Gasteiger partial charge in [0, 0.05) is 34.8 Å². The number of nitro groups is 1. The van der Waals surface area contributed by atoms with Crippen LogP contribution in [0.1, 0.15) is 26.2 Å². The van der Waals surface area contributed by atoms with Crippen molar-refractivity contribution in [3.8, 4) is 0 Å². The van der Waals surface area contributed by atoms with E-state index in [2.05, 4.69) is 12.2 Å². The first kappa shape index (κ1) is 14.0. The van der Waals surface area contributed by atoms with Crippen molar-refractivity contribution in [3.05, 3.63) is 28.3 Å². The fourth-order valence-electron chi connectivity index (χ4n) is 2.54. The summed E-state index contributed by atoms with van der Waals surface area (Å²) in [6, 6.07) is 5.09. The lowest BCUT2D eigenvalue weighted by Gasteiger charge is -2.21. The summed E-state index contributed by atoms with van der Waals surface area (Å²) in [6.45, 7) is 2.16. The molecule has 0 spiro atoms. The minimum atomic E-state index is -0.408. The molecule has 6 heteroatoms. The molecule has 2 unspecified atom stereocenters. The lowest BCUT2D eigenvalue weighted by molar-refractivity contribution is -0.384. The number of nitrogen functional groups attached to an aromatic ring is 1. The van der Waals surface area contributed by atoms with Crippen LogP contribution in [0.15, 0.2) is 18.2 Å². The third-order valence-electron chi connectivity index (χ3n) is 3.34. The summed E-state index contributed by atoms with van der Waals surface area (Å²) in [5.41, 5.74) is 6.93. The molecule has 1 fully saturated rings. The van der Waals surface area contributed by atoms with Gasteiger partial charge in [-0.25, -0.2) is 0 Å². The largest absolute Gasteiger partial charge is 0.398 e. The molecule has 1 saturated carbocycles. The molecule has 1 aliphatic carbocycles. The van der Waals surface area contributed by atoms with Crippen molar-refractivity contribution < 1.29 is 4.92 Å². The van der Waals surface area contributed by atoms with Crippen molar-refractivity contribution in [2.45, 2.75) is 37.5 Å². The SMILES string of the molecule is CCSC1CCCC1Nc1cc(N)cc([N+](=O)[O-])c1. The van der Waals surface area contributed by atoms with Gasteiger partial charge in [-0.3, -0.25) is 10.1 Å². The Labute approximate surface area is 117 Å². The molecule has 0 heterocycles. The number of rotatable bonds is 5. The van der Waals surface area contributed by atoms with Gasteiger partial charge >= 0.3 is 0 Å². The van der Waals surface area contributed by atoms with Gasteiger partial charge in [0.15, 0.2) is 0 Å². The van der Waals surface area contributed by atoms with Crippen molar-refractivity contribution in [1.29, 1.82) is 0 Å². The molecular weight excluding hydrogens is 262 g/mol. The minimum Gasteiger partial charge on any atom is -0.398 e. The summed E-state index contributed by atoms with van der Waals surface area (Å²) in [6.07, 6.45) is 3.53. The van der Waals surface area contributed by atoms with Crippen molar-refractivity contribution in [3.63, 3.8) is 0 Å². The van der Waals surface area contributed by atoms with Crippen molar-refractivity contribution in [1.82, 2.24) is 0 Å². The zero-order valence-corrected chi connectivity index (χ0v) is 11.8. The van der Waals surface area contributed by atoms with E-state index in [0.717, 1.165) is 17.9 Å². The fourth-order valence-corrected chi connectivity index (χ4v) is 3.74. The van der Waals surface area contributed by atoms with Gasteiger partial charge in [0.25, 0.3) is 5.69 Å². The summed E-state index contributed by atoms with van der Waals surface area (Å²) in [4.78, 5) is 10.4. The third-order valence-corrected chi connectivity index (χ3v) is 4.66. The van der Waals surface area contributed by atoms with Crippen LogP contribution in [-0.4, -0.2) is 22.0 Å². The summed E-state index contributed by atoms with van der Waals surface area (Å²) in [5.74, 6) is 1.10. The van der Waals surface area contributed by atoms with E-state index in [1.165, 1.54) is 18.9 Å². The Bertz CT molecular complexity index is 467. The van der Waals surface area contributed by atoms with Gasteiger partial charge in [0.2, 0.25) is 0 Å². The van der Waals surface area contributed by atoms with E-state index < -0.39 is 4.92 Å². The van der Waals surface area contributed by atoms with Gasteiger partial charge in [-0.05, 0) is 24.7 Å². The fraction of sp³-hybridized carbons (Fsp3) is 0.538. The number of nitrogens with two attached hydrogens (primary N) is 1. The second-order valence-corrected chi connectivity index (χ2v) is 6.26. The first-order valence-corrected chi connectivity index (χ1v) is 7.58. The van der Waals surface area contributed by atoms with Gasteiger partial charge in [0.1, 0.15) is 0 Å². The van der Waals surface area contributed by atoms with E-state index in [1.54, 1.807) is 12.1 Å². The minimum absolute atomic E-state index is 0.0418. The maximum atomic E-state index is 10.8. The van der Waals surface area contributed by atoms with Gasteiger partial charge < -0.3 is 11.1 Å². The molecule has 3 N–H and O–H groups in total. The van der Waals surface area contributed by atoms with E-state index >= 15 is 0 Å². The highest BCUT2D eigenvalue weighted by atomic mass is 32.2. The second-order valence-electron chi connectivity index (χ2n) is 4.75. The average Bonchev–Trinajstić information content (AvgIpc) is 2.76. The van der Waals surface area contributed by atoms with Crippen LogP contribution in [0.4, 0.5) is 17.1 Å². The van der Waals surface area contributed by atoms with Crippen molar-refractivity contribution in [2.75, 3.05) is 16.8 Å². The normalized spacial score (nSPS) is 22.4. The molecular formula is C13H19N3O2S. The van der Waals surface area contributed by atoms with Crippen LogP contribution in [0.25, 0.3) is 0 Å². The maximum absolute atomic E-state index is 10.8. The van der Waals surface area contributed by atoms with Gasteiger partial charge in [-0.15, -0.1) is 0 Å². The Morgan fingerprint density at radius 3 is 2.95 bits per heavy atom. The molecule has 2 atom stereocenters. The number of benzene rings is 1. The molecule has 2 rings (SSSR count). The van der Waals surface area contributed by atoms with E-state index in [0.29, 0.717) is 17.0 Å². The number of nitrogens with one attached hydrogen (secondary N) is 1. The van der Waals surface area contributed by atoms with Crippen molar-refractivity contribution >= 4 is 28.8 Å². The first-order valence-electron chi connectivity index (χ1n) is 6.53. The number of nitrogens with zero attached hydrogens (tertiary/aromatic N) is 1. The Hall–Kier alpha value is -1.43. The Morgan fingerprint density at radius 2 is 2.26 bits per heavy atom. The predicted octanol–water partition coefficient (Wildman–Crippen LogP) is 3.26. The van der Waals surface area contributed by atoms with E-state index in [-0.39, 0.29) is 5.69 Å². The van der Waals surface area contributed by atoms with E-state index in [4.69, 9.17) is 5.73 Å². The maximum Gasteiger partial charge on any atom is 0.273 e. The van der Waals surface area contributed by atoms with Crippen LogP contribution >= 0.6 is 11.8 Å². The van der Waals surface area contributed by atoms with Gasteiger partial charge in [-0.1, -0.05) is 13.3 Å². The molecule has 19 heavy (non-hydrogen) atoms. The molecule has 0 amide bonds. The first-order chi connectivity index (χ1) is 9.10. The number of anilines is 2. The topological polar surface area (TPSA) is 81.2 Å². The summed E-state index contributed by atoms with van der Waals surface area (Å²) in [7, 11) is 0. The zero-order chi connectivity index (χ0) is 13.8. The average molecular weight is 281 g/mol. The monoisotopic (exact) mass is 281 g/mol. The lowest BCUT2D eigenvalue weighted by atomic mass is 10.2. The zero-order valence-electron chi connectivity index (χ0n) is 11.0. The van der Waals surface area contributed by atoms with Crippen LogP contribution in [0.3, 0.4) is 0 Å². The summed E-state index contributed by atoms with van der Waals surface area (Å²) < 4.78 is 0. The highest BCUT2D eigenvalue weighted by Crippen LogP contribution is 2.33. The van der Waals surface area contributed by atoms with Crippen LogP contribution in [0, 0.1) is 10.1 Å². The van der Waals surface area contributed by atoms with Gasteiger partial charge in [0.05, 0.1) is 4.92 Å². The molecule has 1 aromatic carbocycles. The van der Waals surface area contributed by atoms with Crippen LogP contribution in [-0.2, 0) is 0 Å². The third kappa shape index (κ3) is 3.53. The molecule has 0 saturated heterocycles. The quantitative estimate of drug-likeness (QED) is 0.492. The van der Waals surface area contributed by atoms with E-state index in [9.17, 15) is 10.1 Å². The molecule has 0 aromatic heterocycles. The molecule has 0 bridgehead atoms.